The minimum absolute atomic E-state index is 0.0995. The molecule has 0 radical (unpaired) electrons. The van der Waals surface area contributed by atoms with Crippen molar-refractivity contribution in [1.82, 2.24) is 5.32 Å². The highest BCUT2D eigenvalue weighted by molar-refractivity contribution is 6.32. The van der Waals surface area contributed by atoms with E-state index in [0.717, 1.165) is 11.6 Å². The molecule has 0 saturated carbocycles. The van der Waals surface area contributed by atoms with E-state index in [4.69, 9.17) is 25.8 Å². The highest BCUT2D eigenvalue weighted by Gasteiger charge is 2.16. The average molecular weight is 366 g/mol. The van der Waals surface area contributed by atoms with Gasteiger partial charge < -0.3 is 19.5 Å². The molecule has 0 fully saturated rings. The summed E-state index contributed by atoms with van der Waals surface area (Å²) in [6.45, 7) is 1.33. The van der Waals surface area contributed by atoms with Crippen LogP contribution in [0, 0.1) is 5.82 Å². The van der Waals surface area contributed by atoms with Gasteiger partial charge in [-0.05, 0) is 42.3 Å². The second kappa shape index (κ2) is 7.61. The molecule has 1 aliphatic heterocycles. The Morgan fingerprint density at radius 3 is 2.84 bits per heavy atom. The second-order valence-corrected chi connectivity index (χ2v) is 5.86. The summed E-state index contributed by atoms with van der Waals surface area (Å²) < 4.78 is 29.5. The van der Waals surface area contributed by atoms with Crippen molar-refractivity contribution in [3.8, 4) is 17.2 Å². The predicted octanol–water partition coefficient (Wildman–Crippen LogP) is 3.23. The molecule has 2 aromatic carbocycles. The average Bonchev–Trinajstić information content (AvgIpc) is 2.61. The van der Waals surface area contributed by atoms with Gasteiger partial charge in [-0.1, -0.05) is 11.6 Å². The number of rotatable bonds is 5. The van der Waals surface area contributed by atoms with Crippen LogP contribution in [0.3, 0.4) is 0 Å². The Labute approximate surface area is 149 Å². The van der Waals surface area contributed by atoms with Crippen LogP contribution in [0.2, 0.25) is 5.02 Å². The number of hydrogen-bond acceptors (Lipinski definition) is 4. The molecule has 2 aromatic rings. The minimum atomic E-state index is -0.575. The summed E-state index contributed by atoms with van der Waals surface area (Å²) in [7, 11) is 1.37. The summed E-state index contributed by atoms with van der Waals surface area (Å²) in [5.74, 6) is 0.327. The van der Waals surface area contributed by atoms with Crippen molar-refractivity contribution >= 4 is 17.5 Å². The highest BCUT2D eigenvalue weighted by Crippen LogP contribution is 2.38. The summed E-state index contributed by atoms with van der Waals surface area (Å²) in [4.78, 5) is 12.1. The van der Waals surface area contributed by atoms with E-state index >= 15 is 0 Å². The Hall–Kier alpha value is -2.47. The van der Waals surface area contributed by atoms with Gasteiger partial charge in [-0.3, -0.25) is 4.79 Å². The molecule has 5 nitrogen and oxygen atoms in total. The van der Waals surface area contributed by atoms with E-state index in [-0.39, 0.29) is 17.2 Å². The fourth-order valence-electron chi connectivity index (χ4n) is 2.54. The van der Waals surface area contributed by atoms with Crippen molar-refractivity contribution < 1.29 is 23.4 Å². The largest absolute Gasteiger partial charge is 0.494 e. The van der Waals surface area contributed by atoms with Gasteiger partial charge in [0.15, 0.2) is 23.1 Å². The van der Waals surface area contributed by atoms with Crippen molar-refractivity contribution in [2.24, 2.45) is 0 Å². The summed E-state index contributed by atoms with van der Waals surface area (Å²) in [6.07, 6.45) is 0.556. The molecule has 1 amide bonds. The molecule has 7 heteroatoms. The fraction of sp³-hybridized carbons (Fsp3) is 0.278. The number of ether oxygens (including phenoxy) is 3. The number of carbonyl (C=O) groups excluding carboxylic acids is 1. The Kier molecular flexibility index (Phi) is 5.28. The van der Waals surface area contributed by atoms with Gasteiger partial charge in [0.25, 0.3) is 5.91 Å². The topological polar surface area (TPSA) is 56.8 Å². The number of halogens is 2. The first-order valence-electron chi connectivity index (χ1n) is 7.78. The normalized spacial score (nSPS) is 12.6. The molecule has 0 aromatic heterocycles. The second-order valence-electron chi connectivity index (χ2n) is 5.46. The van der Waals surface area contributed by atoms with Gasteiger partial charge in [0, 0.05) is 12.1 Å². The zero-order valence-electron chi connectivity index (χ0n) is 13.6. The number of amides is 1. The first-order valence-corrected chi connectivity index (χ1v) is 8.16. The van der Waals surface area contributed by atoms with Gasteiger partial charge in [0.1, 0.15) is 13.2 Å². The molecule has 25 heavy (non-hydrogen) atoms. The van der Waals surface area contributed by atoms with Gasteiger partial charge in [0.05, 0.1) is 12.1 Å². The van der Waals surface area contributed by atoms with Gasteiger partial charge in [0.2, 0.25) is 0 Å². The van der Waals surface area contributed by atoms with E-state index in [0.29, 0.717) is 42.7 Å². The number of benzene rings is 2. The highest BCUT2D eigenvalue weighted by atomic mass is 35.5. The van der Waals surface area contributed by atoms with E-state index in [1.165, 1.54) is 19.2 Å². The van der Waals surface area contributed by atoms with E-state index in [1.54, 1.807) is 6.07 Å². The van der Waals surface area contributed by atoms with Gasteiger partial charge >= 0.3 is 0 Å². The first kappa shape index (κ1) is 17.4. The summed E-state index contributed by atoms with van der Waals surface area (Å²) >= 11 is 6.18. The molecule has 0 saturated heterocycles. The molecule has 0 unspecified atom stereocenters. The molecule has 1 heterocycles. The van der Waals surface area contributed by atoms with Crippen molar-refractivity contribution in [3.05, 3.63) is 52.3 Å². The Balaban J connectivity index is 1.60. The van der Waals surface area contributed by atoms with E-state index < -0.39 is 5.82 Å². The maximum absolute atomic E-state index is 13.7. The molecular weight excluding hydrogens is 349 g/mol. The van der Waals surface area contributed by atoms with Gasteiger partial charge in [-0.25, -0.2) is 4.39 Å². The maximum Gasteiger partial charge on any atom is 0.251 e. The van der Waals surface area contributed by atoms with Gasteiger partial charge in [-0.2, -0.15) is 0 Å². The van der Waals surface area contributed by atoms with E-state index in [1.807, 2.05) is 6.07 Å². The fourth-order valence-corrected chi connectivity index (χ4v) is 2.83. The molecule has 0 aliphatic carbocycles. The smallest absolute Gasteiger partial charge is 0.251 e. The molecule has 0 spiro atoms. The van der Waals surface area contributed by atoms with Crippen molar-refractivity contribution in [3.63, 3.8) is 0 Å². The lowest BCUT2D eigenvalue weighted by Gasteiger charge is -2.20. The Bertz CT molecular complexity index is 797. The number of carbonyl (C=O) groups is 1. The minimum Gasteiger partial charge on any atom is -0.494 e. The van der Waals surface area contributed by atoms with Crippen LogP contribution in [0.15, 0.2) is 30.3 Å². The Morgan fingerprint density at radius 1 is 1.28 bits per heavy atom. The molecular formula is C18H17ClFNO4. The maximum atomic E-state index is 13.7. The van der Waals surface area contributed by atoms with Crippen molar-refractivity contribution in [2.75, 3.05) is 26.9 Å². The predicted molar refractivity (Wildman–Crippen MR) is 91.4 cm³/mol. The lowest BCUT2D eigenvalue weighted by atomic mass is 10.1. The standard InChI is InChI=1S/C18H17ClFNO4/c1-23-15-3-2-12(10-14(15)20)18(22)21-5-4-11-8-13(19)17-16(9-11)24-6-7-25-17/h2-3,8-10H,4-7H2,1H3,(H,21,22). The summed E-state index contributed by atoms with van der Waals surface area (Å²) in [5.41, 5.74) is 1.15. The van der Waals surface area contributed by atoms with Crippen LogP contribution in [-0.2, 0) is 6.42 Å². The number of methoxy groups -OCH3 is 1. The monoisotopic (exact) mass is 365 g/mol. The van der Waals surface area contributed by atoms with Crippen molar-refractivity contribution in [1.29, 1.82) is 0 Å². The van der Waals surface area contributed by atoms with Crippen LogP contribution in [-0.4, -0.2) is 32.8 Å². The van der Waals surface area contributed by atoms with Crippen LogP contribution in [0.5, 0.6) is 17.2 Å². The van der Waals surface area contributed by atoms with Crippen molar-refractivity contribution in [2.45, 2.75) is 6.42 Å². The van der Waals surface area contributed by atoms with E-state index in [2.05, 4.69) is 5.32 Å². The van der Waals surface area contributed by atoms with Crippen LogP contribution in [0.1, 0.15) is 15.9 Å². The Morgan fingerprint density at radius 2 is 2.08 bits per heavy atom. The molecule has 132 valence electrons. The number of hydrogen-bond donors (Lipinski definition) is 1. The quantitative estimate of drug-likeness (QED) is 0.883. The van der Waals surface area contributed by atoms with Crippen LogP contribution >= 0.6 is 11.6 Å². The first-order chi connectivity index (χ1) is 12.1. The molecule has 0 bridgehead atoms. The number of fused-ring (bicyclic) bond motifs is 1. The van der Waals surface area contributed by atoms with Crippen LogP contribution in [0.4, 0.5) is 4.39 Å². The zero-order chi connectivity index (χ0) is 17.8. The SMILES string of the molecule is COc1ccc(C(=O)NCCc2cc(Cl)c3c(c2)OCCO3)cc1F. The van der Waals surface area contributed by atoms with Gasteiger partial charge in [-0.15, -0.1) is 0 Å². The molecule has 1 aliphatic rings. The molecule has 0 atom stereocenters. The summed E-state index contributed by atoms with van der Waals surface area (Å²) in [5, 5.41) is 3.23. The lowest BCUT2D eigenvalue weighted by molar-refractivity contribution is 0.0953. The molecule has 3 rings (SSSR count). The summed E-state index contributed by atoms with van der Waals surface area (Å²) in [6, 6.07) is 7.71. The third-order valence-electron chi connectivity index (χ3n) is 3.77. The van der Waals surface area contributed by atoms with Crippen LogP contribution < -0.4 is 19.5 Å². The third-order valence-corrected chi connectivity index (χ3v) is 4.05. The third kappa shape index (κ3) is 3.96. The zero-order valence-corrected chi connectivity index (χ0v) is 14.4. The number of nitrogens with one attached hydrogen (secondary N) is 1. The van der Waals surface area contributed by atoms with Crippen LogP contribution in [0.25, 0.3) is 0 Å². The lowest BCUT2D eigenvalue weighted by Crippen LogP contribution is -2.26. The van der Waals surface area contributed by atoms with E-state index in [9.17, 15) is 9.18 Å². The molecule has 1 N–H and O–H groups in total.